The Morgan fingerprint density at radius 3 is 2.88 bits per heavy atom. The maximum absolute atomic E-state index is 6.19. The van der Waals surface area contributed by atoms with Crippen LogP contribution in [0.1, 0.15) is 29.8 Å². The van der Waals surface area contributed by atoms with Crippen molar-refractivity contribution in [2.75, 3.05) is 30.3 Å². The van der Waals surface area contributed by atoms with Gasteiger partial charge in [0.1, 0.15) is 5.69 Å². The van der Waals surface area contributed by atoms with Crippen molar-refractivity contribution < 1.29 is 0 Å². The molecule has 134 valence electrons. The van der Waals surface area contributed by atoms with Gasteiger partial charge in [-0.1, -0.05) is 12.0 Å². The van der Waals surface area contributed by atoms with Gasteiger partial charge in [-0.25, -0.2) is 9.97 Å². The second-order valence-electron chi connectivity index (χ2n) is 7.29. The zero-order valence-electron chi connectivity index (χ0n) is 15.4. The molecule has 2 aromatic rings. The van der Waals surface area contributed by atoms with Crippen molar-refractivity contribution in [3.05, 3.63) is 47.4 Å². The van der Waals surface area contributed by atoms with E-state index in [-0.39, 0.29) is 0 Å². The summed E-state index contributed by atoms with van der Waals surface area (Å²) >= 11 is 0. The van der Waals surface area contributed by atoms with Crippen LogP contribution in [0.5, 0.6) is 0 Å². The molecule has 0 unspecified atom stereocenters. The Kier molecular flexibility index (Phi) is 4.52. The lowest BCUT2D eigenvalue weighted by atomic mass is 10.1. The summed E-state index contributed by atoms with van der Waals surface area (Å²) < 4.78 is 0. The molecule has 0 aliphatic carbocycles. The van der Waals surface area contributed by atoms with E-state index < -0.39 is 0 Å². The molecule has 0 aromatic carbocycles. The number of fused-ring (bicyclic) bond motifs is 1. The fourth-order valence-corrected chi connectivity index (χ4v) is 4.02. The molecule has 0 saturated carbocycles. The van der Waals surface area contributed by atoms with Crippen LogP contribution in [0.3, 0.4) is 0 Å². The van der Waals surface area contributed by atoms with Gasteiger partial charge in [0, 0.05) is 37.6 Å². The van der Waals surface area contributed by atoms with E-state index in [1.54, 1.807) is 0 Å². The van der Waals surface area contributed by atoms with E-state index in [2.05, 4.69) is 31.6 Å². The van der Waals surface area contributed by atoms with Crippen LogP contribution in [0.4, 0.5) is 11.5 Å². The highest BCUT2D eigenvalue weighted by molar-refractivity contribution is 5.63. The van der Waals surface area contributed by atoms with Crippen LogP contribution in [0.2, 0.25) is 0 Å². The SMILES string of the molecule is Cc1cnc(N2CCN3[C@@H](CC[C@@H]3C#Cc3cccc(C)n3)C2)c(N)c1. The van der Waals surface area contributed by atoms with Gasteiger partial charge < -0.3 is 10.6 Å². The van der Waals surface area contributed by atoms with Crippen molar-refractivity contribution >= 4 is 11.5 Å². The lowest BCUT2D eigenvalue weighted by Gasteiger charge is -2.39. The Balaban J connectivity index is 1.45. The van der Waals surface area contributed by atoms with E-state index in [0.717, 1.165) is 54.5 Å². The summed E-state index contributed by atoms with van der Waals surface area (Å²) in [6, 6.07) is 8.86. The largest absolute Gasteiger partial charge is 0.396 e. The lowest BCUT2D eigenvalue weighted by molar-refractivity contribution is 0.203. The third-order valence-corrected chi connectivity index (χ3v) is 5.29. The molecule has 0 spiro atoms. The molecule has 2 aromatic heterocycles. The molecule has 0 bridgehead atoms. The van der Waals surface area contributed by atoms with Gasteiger partial charge in [0.25, 0.3) is 0 Å². The topological polar surface area (TPSA) is 58.3 Å². The van der Waals surface area contributed by atoms with Crippen LogP contribution in [0.15, 0.2) is 30.5 Å². The van der Waals surface area contributed by atoms with Crippen molar-refractivity contribution in [3.63, 3.8) is 0 Å². The average Bonchev–Trinajstić information content (AvgIpc) is 3.02. The summed E-state index contributed by atoms with van der Waals surface area (Å²) in [5.74, 6) is 7.65. The molecule has 2 aliphatic heterocycles. The van der Waals surface area contributed by atoms with E-state index in [9.17, 15) is 0 Å². The normalized spacial score (nSPS) is 22.6. The fraction of sp³-hybridized carbons (Fsp3) is 0.429. The Bertz CT molecular complexity index is 866. The summed E-state index contributed by atoms with van der Waals surface area (Å²) in [6.07, 6.45) is 4.19. The summed E-state index contributed by atoms with van der Waals surface area (Å²) in [5, 5.41) is 0. The van der Waals surface area contributed by atoms with Crippen LogP contribution >= 0.6 is 0 Å². The lowest BCUT2D eigenvalue weighted by Crippen LogP contribution is -2.52. The van der Waals surface area contributed by atoms with Gasteiger partial charge in [0.15, 0.2) is 5.82 Å². The Labute approximate surface area is 155 Å². The van der Waals surface area contributed by atoms with E-state index in [1.807, 2.05) is 44.3 Å². The summed E-state index contributed by atoms with van der Waals surface area (Å²) in [4.78, 5) is 13.9. The third-order valence-electron chi connectivity index (χ3n) is 5.29. The van der Waals surface area contributed by atoms with Gasteiger partial charge in [-0.05, 0) is 56.4 Å². The average molecular weight is 347 g/mol. The van der Waals surface area contributed by atoms with E-state index in [0.29, 0.717) is 12.1 Å². The molecule has 4 rings (SSSR count). The number of hydrogen-bond acceptors (Lipinski definition) is 5. The van der Waals surface area contributed by atoms with Crippen molar-refractivity contribution in [1.82, 2.24) is 14.9 Å². The molecule has 4 heterocycles. The minimum atomic E-state index is 0.327. The smallest absolute Gasteiger partial charge is 0.151 e. The van der Waals surface area contributed by atoms with Gasteiger partial charge in [0.2, 0.25) is 0 Å². The fourth-order valence-electron chi connectivity index (χ4n) is 4.02. The first kappa shape index (κ1) is 16.9. The van der Waals surface area contributed by atoms with Gasteiger partial charge in [-0.15, -0.1) is 0 Å². The number of rotatable bonds is 1. The number of nitrogen functional groups attached to an aromatic ring is 1. The van der Waals surface area contributed by atoms with Crippen molar-refractivity contribution in [2.24, 2.45) is 0 Å². The molecule has 2 fully saturated rings. The van der Waals surface area contributed by atoms with Crippen LogP contribution < -0.4 is 10.6 Å². The number of anilines is 2. The number of hydrogen-bond donors (Lipinski definition) is 1. The van der Waals surface area contributed by atoms with Gasteiger partial charge in [-0.3, -0.25) is 4.90 Å². The Morgan fingerprint density at radius 1 is 1.19 bits per heavy atom. The van der Waals surface area contributed by atoms with Crippen molar-refractivity contribution in [2.45, 2.75) is 38.8 Å². The number of nitrogens with two attached hydrogens (primary N) is 1. The number of nitrogens with zero attached hydrogens (tertiary/aromatic N) is 4. The van der Waals surface area contributed by atoms with E-state index >= 15 is 0 Å². The number of piperazine rings is 1. The first-order valence-corrected chi connectivity index (χ1v) is 9.28. The highest BCUT2D eigenvalue weighted by Crippen LogP contribution is 2.30. The first-order chi connectivity index (χ1) is 12.6. The zero-order chi connectivity index (χ0) is 18.1. The molecule has 2 saturated heterocycles. The number of aromatic nitrogens is 2. The molecule has 5 heteroatoms. The van der Waals surface area contributed by atoms with Crippen LogP contribution in [0.25, 0.3) is 0 Å². The summed E-state index contributed by atoms with van der Waals surface area (Å²) in [7, 11) is 0. The number of pyridine rings is 2. The maximum atomic E-state index is 6.19. The highest BCUT2D eigenvalue weighted by atomic mass is 15.3. The van der Waals surface area contributed by atoms with Crippen molar-refractivity contribution in [3.8, 4) is 11.8 Å². The molecule has 2 N–H and O–H groups in total. The molecule has 0 radical (unpaired) electrons. The number of aryl methyl sites for hydroxylation is 2. The van der Waals surface area contributed by atoms with E-state index in [4.69, 9.17) is 5.73 Å². The van der Waals surface area contributed by atoms with Crippen LogP contribution in [0, 0.1) is 25.7 Å². The minimum Gasteiger partial charge on any atom is -0.396 e. The van der Waals surface area contributed by atoms with Gasteiger partial charge >= 0.3 is 0 Å². The Morgan fingerprint density at radius 2 is 2.08 bits per heavy atom. The second-order valence-corrected chi connectivity index (χ2v) is 7.29. The quantitative estimate of drug-likeness (QED) is 0.803. The predicted molar refractivity (Wildman–Crippen MR) is 105 cm³/mol. The highest BCUT2D eigenvalue weighted by Gasteiger charge is 2.37. The van der Waals surface area contributed by atoms with E-state index in [1.165, 1.54) is 6.42 Å². The Hall–Kier alpha value is -2.58. The molecule has 5 nitrogen and oxygen atoms in total. The molecule has 2 atom stereocenters. The van der Waals surface area contributed by atoms with Crippen molar-refractivity contribution in [1.29, 1.82) is 0 Å². The van der Waals surface area contributed by atoms with Crippen LogP contribution in [-0.4, -0.2) is 46.6 Å². The predicted octanol–water partition coefficient (Wildman–Crippen LogP) is 2.38. The van der Waals surface area contributed by atoms with Gasteiger partial charge in [-0.2, -0.15) is 0 Å². The first-order valence-electron chi connectivity index (χ1n) is 9.28. The monoisotopic (exact) mass is 347 g/mol. The molecule has 26 heavy (non-hydrogen) atoms. The summed E-state index contributed by atoms with van der Waals surface area (Å²) in [5.41, 5.74) is 9.95. The van der Waals surface area contributed by atoms with Crippen LogP contribution in [-0.2, 0) is 0 Å². The summed E-state index contributed by atoms with van der Waals surface area (Å²) in [6.45, 7) is 6.94. The minimum absolute atomic E-state index is 0.327. The molecule has 2 aliphatic rings. The molecular formula is C21H25N5. The third kappa shape index (κ3) is 3.38. The zero-order valence-corrected chi connectivity index (χ0v) is 15.4. The van der Waals surface area contributed by atoms with Gasteiger partial charge in [0.05, 0.1) is 11.7 Å². The standard InChI is InChI=1S/C21H25N5/c1-15-12-20(22)21(23-13-15)25-10-11-26-18(8-9-19(26)14-25)7-6-17-5-3-4-16(2)24-17/h3-5,12-13,18-19H,8-11,14,22H2,1-2H3/t18-,19-/m0/s1. The second kappa shape index (κ2) is 6.97. The molecular weight excluding hydrogens is 322 g/mol. The maximum Gasteiger partial charge on any atom is 0.151 e. The molecule has 0 amide bonds.